The molecular weight excluding hydrogens is 368 g/mol. The molecule has 1 fully saturated rings. The highest BCUT2D eigenvalue weighted by Gasteiger charge is 2.40. The second kappa shape index (κ2) is 7.85. The van der Waals surface area contributed by atoms with E-state index in [1.54, 1.807) is 13.1 Å². The van der Waals surface area contributed by atoms with Gasteiger partial charge in [-0.2, -0.15) is 10.2 Å². The molecule has 1 saturated carbocycles. The van der Waals surface area contributed by atoms with Crippen LogP contribution in [0.2, 0.25) is 0 Å². The van der Waals surface area contributed by atoms with Crippen molar-refractivity contribution in [3.63, 3.8) is 0 Å². The highest BCUT2D eigenvalue weighted by molar-refractivity contribution is 5.21. The lowest BCUT2D eigenvalue weighted by Crippen LogP contribution is -2.24. The van der Waals surface area contributed by atoms with Crippen molar-refractivity contribution < 1.29 is 4.74 Å². The molecule has 3 aromatic heterocycles. The Morgan fingerprint density at radius 3 is 2.62 bits per heavy atom. The van der Waals surface area contributed by atoms with E-state index in [9.17, 15) is 4.79 Å². The predicted molar refractivity (Wildman–Crippen MR) is 109 cm³/mol. The van der Waals surface area contributed by atoms with Crippen LogP contribution in [0.3, 0.4) is 0 Å². The lowest BCUT2D eigenvalue weighted by atomic mass is 10.1. The fourth-order valence-electron chi connectivity index (χ4n) is 3.75. The Kier molecular flexibility index (Phi) is 5.25. The van der Waals surface area contributed by atoms with Crippen molar-refractivity contribution in [2.45, 2.75) is 38.5 Å². The zero-order chi connectivity index (χ0) is 20.5. The van der Waals surface area contributed by atoms with Gasteiger partial charge in [-0.15, -0.1) is 5.10 Å². The first-order valence-corrected chi connectivity index (χ1v) is 10.2. The first-order chi connectivity index (χ1) is 13.9. The van der Waals surface area contributed by atoms with Crippen LogP contribution in [-0.4, -0.2) is 35.9 Å². The van der Waals surface area contributed by atoms with Crippen LogP contribution in [0.1, 0.15) is 41.9 Å². The van der Waals surface area contributed by atoms with E-state index in [0.717, 1.165) is 36.3 Å². The van der Waals surface area contributed by atoms with Crippen LogP contribution in [0.5, 0.6) is 5.88 Å². The van der Waals surface area contributed by atoms with Gasteiger partial charge in [0, 0.05) is 56.5 Å². The van der Waals surface area contributed by atoms with Crippen LogP contribution in [0, 0.1) is 5.92 Å². The number of aryl methyl sites for hydroxylation is 6. The molecule has 1 aliphatic rings. The number of aromatic nitrogens is 6. The van der Waals surface area contributed by atoms with Gasteiger partial charge < -0.3 is 4.74 Å². The summed E-state index contributed by atoms with van der Waals surface area (Å²) in [5.41, 5.74) is 3.96. The molecule has 0 N–H and O–H groups in total. The quantitative estimate of drug-likeness (QED) is 0.580. The largest absolute Gasteiger partial charge is 0.476 e. The van der Waals surface area contributed by atoms with Crippen molar-refractivity contribution in [2.24, 2.45) is 27.1 Å². The van der Waals surface area contributed by atoms with Crippen molar-refractivity contribution in [2.75, 3.05) is 6.61 Å². The maximum absolute atomic E-state index is 12.5. The molecule has 3 aromatic rings. The molecule has 0 bridgehead atoms. The molecule has 8 nitrogen and oxygen atoms in total. The van der Waals surface area contributed by atoms with Gasteiger partial charge in [0.15, 0.2) is 0 Å². The Balaban J connectivity index is 1.39. The summed E-state index contributed by atoms with van der Waals surface area (Å²) in [5, 5.41) is 13.2. The average Bonchev–Trinajstić information content (AvgIpc) is 3.20. The fraction of sp³-hybridized carbons (Fsp3) is 0.524. The minimum atomic E-state index is -0.0759. The minimum absolute atomic E-state index is 0.0759. The summed E-state index contributed by atoms with van der Waals surface area (Å²) in [5.74, 6) is 1.42. The van der Waals surface area contributed by atoms with Gasteiger partial charge in [0.2, 0.25) is 5.88 Å². The molecule has 0 aromatic carbocycles. The summed E-state index contributed by atoms with van der Waals surface area (Å²) in [6.07, 6.45) is 5.35. The summed E-state index contributed by atoms with van der Waals surface area (Å²) in [6.45, 7) is 2.68. The molecule has 4 rings (SSSR count). The Morgan fingerprint density at radius 1 is 1.10 bits per heavy atom. The van der Waals surface area contributed by atoms with Gasteiger partial charge in [0.25, 0.3) is 5.56 Å². The minimum Gasteiger partial charge on any atom is -0.476 e. The summed E-state index contributed by atoms with van der Waals surface area (Å²) >= 11 is 0. The first-order valence-electron chi connectivity index (χ1n) is 10.2. The SMILES string of the molecule is CCc1cc(CCc2cc(OC[C@H]3C[C@@H]3c3ccn(C)n3)nn(C)c2=O)n(C)n1. The molecule has 0 saturated heterocycles. The maximum atomic E-state index is 12.5. The Labute approximate surface area is 170 Å². The molecule has 0 spiro atoms. The third kappa shape index (κ3) is 4.26. The van der Waals surface area contributed by atoms with Crippen molar-refractivity contribution in [1.82, 2.24) is 29.3 Å². The van der Waals surface area contributed by atoms with E-state index < -0.39 is 0 Å². The Morgan fingerprint density at radius 2 is 1.93 bits per heavy atom. The molecule has 1 aliphatic carbocycles. The molecule has 0 aliphatic heterocycles. The standard InChI is InChI=1S/C21H28N6O2/c1-5-16-12-17(26(3)22-16)7-6-14-11-20(24-27(4)21(14)28)29-13-15-10-18(15)19-8-9-25(2)23-19/h8-9,11-12,15,18H,5-7,10,13H2,1-4H3/t15-,18+/m1/s1. The van der Waals surface area contributed by atoms with Crippen LogP contribution >= 0.6 is 0 Å². The summed E-state index contributed by atoms with van der Waals surface area (Å²) < 4.78 is 11.0. The van der Waals surface area contributed by atoms with E-state index in [0.29, 0.717) is 36.3 Å². The van der Waals surface area contributed by atoms with E-state index in [1.165, 1.54) is 4.68 Å². The average molecular weight is 396 g/mol. The zero-order valence-corrected chi connectivity index (χ0v) is 17.5. The van der Waals surface area contributed by atoms with Crippen molar-refractivity contribution in [3.8, 4) is 5.88 Å². The molecule has 154 valence electrons. The maximum Gasteiger partial charge on any atom is 0.269 e. The molecule has 0 amide bonds. The second-order valence-electron chi connectivity index (χ2n) is 7.87. The Hall–Kier alpha value is -2.90. The van der Waals surface area contributed by atoms with Crippen LogP contribution in [0.25, 0.3) is 0 Å². The van der Waals surface area contributed by atoms with Crippen LogP contribution in [0.4, 0.5) is 0 Å². The van der Waals surface area contributed by atoms with Gasteiger partial charge in [0.1, 0.15) is 0 Å². The number of nitrogens with zero attached hydrogens (tertiary/aromatic N) is 6. The second-order valence-corrected chi connectivity index (χ2v) is 7.87. The summed E-state index contributed by atoms with van der Waals surface area (Å²) in [7, 11) is 5.55. The number of rotatable bonds is 8. The van der Waals surface area contributed by atoms with Crippen molar-refractivity contribution in [3.05, 3.63) is 57.4 Å². The lowest BCUT2D eigenvalue weighted by molar-refractivity contribution is 0.277. The van der Waals surface area contributed by atoms with Crippen molar-refractivity contribution in [1.29, 1.82) is 0 Å². The molecular formula is C21H28N6O2. The van der Waals surface area contributed by atoms with E-state index >= 15 is 0 Å². The van der Waals surface area contributed by atoms with Gasteiger partial charge in [-0.1, -0.05) is 6.92 Å². The number of hydrogen-bond acceptors (Lipinski definition) is 5. The van der Waals surface area contributed by atoms with Gasteiger partial charge >= 0.3 is 0 Å². The number of ether oxygens (including phenoxy) is 1. The fourth-order valence-corrected chi connectivity index (χ4v) is 3.75. The monoisotopic (exact) mass is 396 g/mol. The van der Waals surface area contributed by atoms with Crippen LogP contribution in [-0.2, 0) is 40.4 Å². The van der Waals surface area contributed by atoms with E-state index in [1.807, 2.05) is 29.7 Å². The normalized spacial score (nSPS) is 18.2. The molecule has 3 heterocycles. The Bertz CT molecular complexity index is 1060. The van der Waals surface area contributed by atoms with Crippen LogP contribution in [0.15, 0.2) is 29.2 Å². The van der Waals surface area contributed by atoms with Gasteiger partial charge in [-0.25, -0.2) is 4.68 Å². The van der Waals surface area contributed by atoms with Gasteiger partial charge in [-0.05, 0) is 37.8 Å². The first kappa shape index (κ1) is 19.4. The number of hydrogen-bond donors (Lipinski definition) is 0. The highest BCUT2D eigenvalue weighted by atomic mass is 16.5. The zero-order valence-electron chi connectivity index (χ0n) is 17.5. The highest BCUT2D eigenvalue weighted by Crippen LogP contribution is 2.46. The summed E-state index contributed by atoms with van der Waals surface area (Å²) in [4.78, 5) is 12.5. The molecule has 29 heavy (non-hydrogen) atoms. The predicted octanol–water partition coefficient (Wildman–Crippen LogP) is 1.78. The molecule has 8 heteroatoms. The van der Waals surface area contributed by atoms with Gasteiger partial charge in [-0.3, -0.25) is 14.2 Å². The topological polar surface area (TPSA) is 79.8 Å². The van der Waals surface area contributed by atoms with E-state index in [4.69, 9.17) is 4.74 Å². The molecule has 0 unspecified atom stereocenters. The summed E-state index contributed by atoms with van der Waals surface area (Å²) in [6, 6.07) is 5.96. The third-order valence-corrected chi connectivity index (χ3v) is 5.64. The molecule has 0 radical (unpaired) electrons. The van der Waals surface area contributed by atoms with Gasteiger partial charge in [0.05, 0.1) is 18.0 Å². The lowest BCUT2D eigenvalue weighted by Gasteiger charge is -2.09. The smallest absolute Gasteiger partial charge is 0.269 e. The van der Waals surface area contributed by atoms with E-state index in [-0.39, 0.29) is 5.56 Å². The molecule has 2 atom stereocenters. The van der Waals surface area contributed by atoms with Crippen molar-refractivity contribution >= 4 is 0 Å². The van der Waals surface area contributed by atoms with Crippen LogP contribution < -0.4 is 10.3 Å². The van der Waals surface area contributed by atoms with E-state index in [2.05, 4.69) is 34.4 Å². The third-order valence-electron chi connectivity index (χ3n) is 5.64.